The predicted molar refractivity (Wildman–Crippen MR) is 209 cm³/mol. The van der Waals surface area contributed by atoms with Crippen molar-refractivity contribution in [1.29, 1.82) is 0 Å². The molecule has 1 aliphatic rings. The summed E-state index contributed by atoms with van der Waals surface area (Å²) in [6.07, 6.45) is 0. The highest BCUT2D eigenvalue weighted by atomic mass is 16.5. The van der Waals surface area contributed by atoms with Crippen molar-refractivity contribution in [2.75, 3.05) is 6.61 Å². The van der Waals surface area contributed by atoms with E-state index in [-0.39, 0.29) is 5.54 Å². The second-order valence-corrected chi connectivity index (χ2v) is 14.1. The predicted octanol–water partition coefficient (Wildman–Crippen LogP) is 12.3. The van der Waals surface area contributed by atoms with E-state index in [4.69, 9.17) is 9.72 Å². The van der Waals surface area contributed by atoms with Crippen molar-refractivity contribution >= 4 is 43.4 Å². The second-order valence-electron chi connectivity index (χ2n) is 14.1. The van der Waals surface area contributed by atoms with Crippen LogP contribution in [0.1, 0.15) is 13.8 Å². The van der Waals surface area contributed by atoms with Crippen LogP contribution in [0.15, 0.2) is 158 Å². The second kappa shape index (κ2) is 10.9. The number of benzene rings is 8. The van der Waals surface area contributed by atoms with E-state index in [0.717, 1.165) is 28.2 Å². The smallest absolute Gasteiger partial charge is 0.145 e. The molecular formula is C47H34N2O. The maximum Gasteiger partial charge on any atom is 0.145 e. The summed E-state index contributed by atoms with van der Waals surface area (Å²) in [7, 11) is 0. The largest absolute Gasteiger partial charge is 0.489 e. The topological polar surface area (TPSA) is 27.1 Å². The molecule has 238 valence electrons. The van der Waals surface area contributed by atoms with Gasteiger partial charge in [-0.1, -0.05) is 127 Å². The molecule has 0 saturated heterocycles. The Balaban J connectivity index is 1.15. The van der Waals surface area contributed by atoms with Gasteiger partial charge in [0.2, 0.25) is 0 Å². The lowest BCUT2D eigenvalue weighted by molar-refractivity contribution is 0.173. The van der Waals surface area contributed by atoms with Crippen LogP contribution in [-0.2, 0) is 5.54 Å². The van der Waals surface area contributed by atoms with Crippen molar-refractivity contribution in [1.82, 2.24) is 9.55 Å². The Labute approximate surface area is 291 Å². The molecule has 0 radical (unpaired) electrons. The third-order valence-electron chi connectivity index (χ3n) is 10.4. The summed E-state index contributed by atoms with van der Waals surface area (Å²) in [6, 6.07) is 57.2. The molecule has 0 N–H and O–H groups in total. The van der Waals surface area contributed by atoms with E-state index < -0.39 is 0 Å². The number of nitrogens with zero attached hydrogens (tertiary/aromatic N) is 2. The van der Waals surface area contributed by atoms with Crippen molar-refractivity contribution in [2.45, 2.75) is 19.4 Å². The van der Waals surface area contributed by atoms with E-state index >= 15 is 0 Å². The molecule has 0 fully saturated rings. The van der Waals surface area contributed by atoms with Gasteiger partial charge in [0.1, 0.15) is 23.7 Å². The molecule has 10 rings (SSSR count). The fraction of sp³-hybridized carbons (Fsp3) is 0.0851. The summed E-state index contributed by atoms with van der Waals surface area (Å²) in [5, 5.41) is 7.45. The summed E-state index contributed by atoms with van der Waals surface area (Å²) in [6.45, 7) is 5.05. The SMILES string of the molecule is CC1(C)COc2cccc3nc(-c4ccc5cc(-c6ccc7c(-c8ccccc8)c8ccccc8c(-c8ccccc8)c7c6)ccc5c4)n1c23. The molecule has 0 saturated carbocycles. The van der Waals surface area contributed by atoms with Crippen LogP contribution >= 0.6 is 0 Å². The molecule has 3 nitrogen and oxygen atoms in total. The minimum absolute atomic E-state index is 0.211. The third kappa shape index (κ3) is 4.40. The van der Waals surface area contributed by atoms with E-state index in [0.29, 0.717) is 6.61 Å². The van der Waals surface area contributed by atoms with E-state index in [1.165, 1.54) is 65.7 Å². The molecule has 8 aromatic carbocycles. The van der Waals surface area contributed by atoms with E-state index in [1.807, 2.05) is 12.1 Å². The normalized spacial score (nSPS) is 13.6. The Hall–Kier alpha value is -6.19. The average molecular weight is 643 g/mol. The molecule has 0 aliphatic carbocycles. The summed E-state index contributed by atoms with van der Waals surface area (Å²) < 4.78 is 8.50. The van der Waals surface area contributed by atoms with Gasteiger partial charge in [-0.3, -0.25) is 0 Å². The fourth-order valence-electron chi connectivity index (χ4n) is 8.07. The molecule has 2 heterocycles. The lowest BCUT2D eigenvalue weighted by Crippen LogP contribution is -2.36. The molecule has 0 amide bonds. The van der Waals surface area contributed by atoms with Gasteiger partial charge < -0.3 is 9.30 Å². The van der Waals surface area contributed by atoms with Crippen LogP contribution in [-0.4, -0.2) is 16.2 Å². The van der Waals surface area contributed by atoms with Crippen LogP contribution in [0.5, 0.6) is 5.75 Å². The maximum atomic E-state index is 6.13. The highest BCUT2D eigenvalue weighted by Crippen LogP contribution is 2.45. The highest BCUT2D eigenvalue weighted by molar-refractivity contribution is 6.22. The van der Waals surface area contributed by atoms with Gasteiger partial charge in [-0.15, -0.1) is 0 Å². The zero-order valence-corrected chi connectivity index (χ0v) is 28.0. The molecule has 3 heteroatoms. The number of para-hydroxylation sites is 1. The number of aromatic nitrogens is 2. The van der Waals surface area contributed by atoms with Crippen LogP contribution in [0.3, 0.4) is 0 Å². The lowest BCUT2D eigenvalue weighted by Gasteiger charge is -2.33. The first-order valence-corrected chi connectivity index (χ1v) is 17.3. The van der Waals surface area contributed by atoms with E-state index in [9.17, 15) is 0 Å². The summed E-state index contributed by atoms with van der Waals surface area (Å²) in [5.41, 5.74) is 10.4. The minimum atomic E-state index is -0.211. The van der Waals surface area contributed by atoms with Crippen LogP contribution in [0.25, 0.3) is 88.1 Å². The van der Waals surface area contributed by atoms with Gasteiger partial charge >= 0.3 is 0 Å². The number of rotatable bonds is 4. The first-order chi connectivity index (χ1) is 24.5. The maximum absolute atomic E-state index is 6.13. The summed E-state index contributed by atoms with van der Waals surface area (Å²) in [5.74, 6) is 1.89. The van der Waals surface area contributed by atoms with Crippen molar-refractivity contribution in [2.24, 2.45) is 0 Å². The van der Waals surface area contributed by atoms with Gasteiger partial charge in [-0.2, -0.15) is 0 Å². The zero-order valence-electron chi connectivity index (χ0n) is 28.0. The number of ether oxygens (including phenoxy) is 1. The van der Waals surface area contributed by atoms with Gasteiger partial charge in [0, 0.05) is 5.56 Å². The fourth-order valence-corrected chi connectivity index (χ4v) is 8.07. The number of hydrogen-bond donors (Lipinski definition) is 0. The Morgan fingerprint density at radius 2 is 1.06 bits per heavy atom. The van der Waals surface area contributed by atoms with Gasteiger partial charge in [0.15, 0.2) is 0 Å². The van der Waals surface area contributed by atoms with Crippen LogP contribution in [0, 0.1) is 0 Å². The molecular weight excluding hydrogens is 609 g/mol. The van der Waals surface area contributed by atoms with Crippen molar-refractivity contribution in [3.63, 3.8) is 0 Å². The monoisotopic (exact) mass is 642 g/mol. The van der Waals surface area contributed by atoms with Gasteiger partial charge in [0.25, 0.3) is 0 Å². The standard InChI is InChI=1S/C47H34N2O/c1-47(2)29-50-42-19-11-18-41-45(42)49(47)46(48-41)36-23-22-32-26-33(20-21-34(32)27-36)35-24-25-39-40(28-35)44(31-14-7-4-8-15-31)38-17-10-9-16-37(38)43(39)30-12-5-3-6-13-30/h3-28H,29H2,1-2H3. The van der Waals surface area contributed by atoms with Crippen LogP contribution in [0.2, 0.25) is 0 Å². The quantitative estimate of drug-likeness (QED) is 0.179. The average Bonchev–Trinajstić information content (AvgIpc) is 3.58. The number of fused-ring (bicyclic) bond motifs is 3. The third-order valence-corrected chi connectivity index (χ3v) is 10.4. The molecule has 9 aromatic rings. The Morgan fingerprint density at radius 1 is 0.500 bits per heavy atom. The number of imidazole rings is 1. The summed E-state index contributed by atoms with van der Waals surface area (Å²) >= 11 is 0. The Morgan fingerprint density at radius 3 is 1.76 bits per heavy atom. The van der Waals surface area contributed by atoms with Crippen molar-refractivity contribution < 1.29 is 4.74 Å². The lowest BCUT2D eigenvalue weighted by atomic mass is 9.85. The van der Waals surface area contributed by atoms with Gasteiger partial charge in [-0.25, -0.2) is 4.98 Å². The van der Waals surface area contributed by atoms with Crippen LogP contribution in [0.4, 0.5) is 0 Å². The molecule has 0 spiro atoms. The molecule has 1 aliphatic heterocycles. The molecule has 50 heavy (non-hydrogen) atoms. The van der Waals surface area contributed by atoms with Gasteiger partial charge in [-0.05, 0) is 110 Å². The first kappa shape index (κ1) is 28.8. The summed E-state index contributed by atoms with van der Waals surface area (Å²) in [4.78, 5) is 5.12. The molecule has 0 atom stereocenters. The Bertz CT molecular complexity index is 2780. The highest BCUT2D eigenvalue weighted by Gasteiger charge is 2.33. The zero-order chi connectivity index (χ0) is 33.4. The number of hydrogen-bond acceptors (Lipinski definition) is 2. The van der Waals surface area contributed by atoms with E-state index in [1.54, 1.807) is 0 Å². The molecule has 1 aromatic heterocycles. The van der Waals surface area contributed by atoms with Crippen molar-refractivity contribution in [3.8, 4) is 50.5 Å². The minimum Gasteiger partial charge on any atom is -0.489 e. The molecule has 0 unspecified atom stereocenters. The van der Waals surface area contributed by atoms with E-state index in [2.05, 4.69) is 164 Å². The molecule has 0 bridgehead atoms. The Kier molecular flexibility index (Phi) is 6.28. The first-order valence-electron chi connectivity index (χ1n) is 17.3. The van der Waals surface area contributed by atoms with Crippen molar-refractivity contribution in [3.05, 3.63) is 158 Å². The van der Waals surface area contributed by atoms with Crippen LogP contribution < -0.4 is 4.74 Å². The van der Waals surface area contributed by atoms with Gasteiger partial charge in [0.05, 0.1) is 11.1 Å².